The van der Waals surface area contributed by atoms with Gasteiger partial charge in [0.15, 0.2) is 0 Å². The van der Waals surface area contributed by atoms with Crippen LogP contribution in [0.3, 0.4) is 0 Å². The number of hydrogen-bond donors (Lipinski definition) is 1. The fourth-order valence-electron chi connectivity index (χ4n) is 2.49. The summed E-state index contributed by atoms with van der Waals surface area (Å²) in [4.78, 5) is 1.48. The number of hydrogen-bond acceptors (Lipinski definition) is 3. The van der Waals surface area contributed by atoms with E-state index >= 15 is 0 Å². The van der Waals surface area contributed by atoms with Gasteiger partial charge in [-0.1, -0.05) is 0 Å². The highest BCUT2D eigenvalue weighted by Gasteiger charge is 2.34. The standard InChI is InChI=1S/C15H24BrNOS/c1-14(2,3)17-11-15(6-8-18-9-7-15)10-12-4-5-13(16)19-12/h4-5,17H,6-11H2,1-3H3. The van der Waals surface area contributed by atoms with Gasteiger partial charge in [-0.15, -0.1) is 11.3 Å². The van der Waals surface area contributed by atoms with E-state index in [4.69, 9.17) is 4.74 Å². The number of nitrogens with one attached hydrogen (secondary N) is 1. The molecule has 108 valence electrons. The fraction of sp³-hybridized carbons (Fsp3) is 0.733. The first-order valence-electron chi connectivity index (χ1n) is 6.96. The number of thiophene rings is 1. The highest BCUT2D eigenvalue weighted by molar-refractivity contribution is 9.11. The zero-order valence-corrected chi connectivity index (χ0v) is 14.5. The van der Waals surface area contributed by atoms with Crippen LogP contribution < -0.4 is 5.32 Å². The molecule has 2 heterocycles. The Morgan fingerprint density at radius 1 is 1.32 bits per heavy atom. The van der Waals surface area contributed by atoms with E-state index in [2.05, 4.69) is 54.2 Å². The SMILES string of the molecule is CC(C)(C)NCC1(Cc2ccc(Br)s2)CCOCC1. The van der Waals surface area contributed by atoms with Crippen molar-refractivity contribution in [3.05, 3.63) is 20.8 Å². The first kappa shape index (κ1) is 15.5. The minimum Gasteiger partial charge on any atom is -0.381 e. The molecular formula is C15H24BrNOS. The van der Waals surface area contributed by atoms with E-state index in [-0.39, 0.29) is 5.54 Å². The Kier molecular flexibility index (Phi) is 5.09. The molecule has 19 heavy (non-hydrogen) atoms. The second kappa shape index (κ2) is 6.25. The van der Waals surface area contributed by atoms with E-state index in [1.807, 2.05) is 11.3 Å². The minimum atomic E-state index is 0.182. The minimum absolute atomic E-state index is 0.182. The Labute approximate surface area is 129 Å². The van der Waals surface area contributed by atoms with Crippen LogP contribution in [0.1, 0.15) is 38.5 Å². The summed E-state index contributed by atoms with van der Waals surface area (Å²) in [6.45, 7) is 9.59. The maximum absolute atomic E-state index is 5.57. The summed E-state index contributed by atoms with van der Waals surface area (Å²) >= 11 is 5.42. The molecule has 1 aromatic rings. The molecule has 1 aliphatic rings. The van der Waals surface area contributed by atoms with Gasteiger partial charge in [0.1, 0.15) is 0 Å². The van der Waals surface area contributed by atoms with Crippen molar-refractivity contribution in [3.63, 3.8) is 0 Å². The zero-order chi connectivity index (χ0) is 13.9. The Hall–Kier alpha value is 0.1000. The molecule has 2 rings (SSSR count). The van der Waals surface area contributed by atoms with Crippen LogP contribution in [0.4, 0.5) is 0 Å². The van der Waals surface area contributed by atoms with Crippen LogP contribution in [0, 0.1) is 5.41 Å². The summed E-state index contributed by atoms with van der Waals surface area (Å²) in [6, 6.07) is 4.41. The monoisotopic (exact) mass is 345 g/mol. The summed E-state index contributed by atoms with van der Waals surface area (Å²) in [5, 5.41) is 3.70. The van der Waals surface area contributed by atoms with Crippen LogP contribution in [0.25, 0.3) is 0 Å². The van der Waals surface area contributed by atoms with E-state index in [1.54, 1.807) is 0 Å². The molecule has 0 bridgehead atoms. The third-order valence-corrected chi connectivity index (χ3v) is 5.35. The zero-order valence-electron chi connectivity index (χ0n) is 12.1. The van der Waals surface area contributed by atoms with E-state index in [9.17, 15) is 0 Å². The van der Waals surface area contributed by atoms with E-state index < -0.39 is 0 Å². The van der Waals surface area contributed by atoms with Crippen LogP contribution in [0.5, 0.6) is 0 Å². The fourth-order valence-corrected chi connectivity index (χ4v) is 4.15. The van der Waals surface area contributed by atoms with Crippen molar-refractivity contribution in [1.82, 2.24) is 5.32 Å². The molecule has 1 aromatic heterocycles. The van der Waals surface area contributed by atoms with Crippen molar-refractivity contribution in [2.45, 2.75) is 45.6 Å². The molecule has 0 saturated carbocycles. The van der Waals surface area contributed by atoms with E-state index in [1.165, 1.54) is 8.66 Å². The molecule has 1 fully saturated rings. The van der Waals surface area contributed by atoms with E-state index in [0.717, 1.165) is 39.0 Å². The van der Waals surface area contributed by atoms with Gasteiger partial charge in [-0.2, -0.15) is 0 Å². The number of halogens is 1. The quantitative estimate of drug-likeness (QED) is 0.881. The average molecular weight is 346 g/mol. The predicted octanol–water partition coefficient (Wildman–Crippen LogP) is 4.24. The smallest absolute Gasteiger partial charge is 0.0701 e. The normalized spacial score (nSPS) is 19.6. The van der Waals surface area contributed by atoms with Crippen LogP contribution >= 0.6 is 27.3 Å². The summed E-state index contributed by atoms with van der Waals surface area (Å²) in [7, 11) is 0. The molecule has 0 aromatic carbocycles. The molecule has 0 amide bonds. The lowest BCUT2D eigenvalue weighted by Gasteiger charge is -2.39. The number of ether oxygens (including phenoxy) is 1. The largest absolute Gasteiger partial charge is 0.381 e. The predicted molar refractivity (Wildman–Crippen MR) is 86.0 cm³/mol. The molecule has 2 nitrogen and oxygen atoms in total. The maximum atomic E-state index is 5.57. The Morgan fingerprint density at radius 2 is 2.00 bits per heavy atom. The van der Waals surface area contributed by atoms with Gasteiger partial charge in [-0.3, -0.25) is 0 Å². The van der Waals surface area contributed by atoms with Crippen molar-refractivity contribution in [1.29, 1.82) is 0 Å². The Bertz CT molecular complexity index is 405. The second-order valence-corrected chi connectivity index (χ2v) is 9.15. The molecule has 0 spiro atoms. The highest BCUT2D eigenvalue weighted by atomic mass is 79.9. The van der Waals surface area contributed by atoms with Crippen molar-refractivity contribution in [2.75, 3.05) is 19.8 Å². The molecule has 1 aliphatic heterocycles. The lowest BCUT2D eigenvalue weighted by atomic mass is 9.76. The van der Waals surface area contributed by atoms with Crippen molar-refractivity contribution < 1.29 is 4.74 Å². The third-order valence-electron chi connectivity index (χ3n) is 3.73. The lowest BCUT2D eigenvalue weighted by molar-refractivity contribution is 0.0125. The van der Waals surface area contributed by atoms with Crippen LogP contribution in [-0.2, 0) is 11.2 Å². The van der Waals surface area contributed by atoms with Crippen LogP contribution in [0.2, 0.25) is 0 Å². The molecule has 1 saturated heterocycles. The van der Waals surface area contributed by atoms with Crippen LogP contribution in [0.15, 0.2) is 15.9 Å². The van der Waals surface area contributed by atoms with Crippen molar-refractivity contribution in [2.24, 2.45) is 5.41 Å². The summed E-state index contributed by atoms with van der Waals surface area (Å²) in [5.41, 5.74) is 0.539. The molecule has 0 atom stereocenters. The molecular weight excluding hydrogens is 322 g/mol. The number of rotatable bonds is 4. The van der Waals surface area contributed by atoms with Gasteiger partial charge in [-0.05, 0) is 73.5 Å². The summed E-state index contributed by atoms with van der Waals surface area (Å²) in [5.74, 6) is 0. The summed E-state index contributed by atoms with van der Waals surface area (Å²) < 4.78 is 6.80. The maximum Gasteiger partial charge on any atom is 0.0701 e. The molecule has 0 radical (unpaired) electrons. The van der Waals surface area contributed by atoms with Gasteiger partial charge in [-0.25, -0.2) is 0 Å². The first-order chi connectivity index (χ1) is 8.89. The average Bonchev–Trinajstić information content (AvgIpc) is 2.73. The summed E-state index contributed by atoms with van der Waals surface area (Å²) in [6.07, 6.45) is 3.48. The topological polar surface area (TPSA) is 21.3 Å². The first-order valence-corrected chi connectivity index (χ1v) is 8.57. The van der Waals surface area contributed by atoms with Gasteiger partial charge < -0.3 is 10.1 Å². The van der Waals surface area contributed by atoms with Gasteiger partial charge in [0.2, 0.25) is 0 Å². The van der Waals surface area contributed by atoms with Gasteiger partial charge in [0.25, 0.3) is 0 Å². The third kappa shape index (κ3) is 4.85. The van der Waals surface area contributed by atoms with Crippen molar-refractivity contribution >= 4 is 27.3 Å². The molecule has 1 N–H and O–H groups in total. The highest BCUT2D eigenvalue weighted by Crippen LogP contribution is 2.37. The van der Waals surface area contributed by atoms with Gasteiger partial charge >= 0.3 is 0 Å². The van der Waals surface area contributed by atoms with E-state index in [0.29, 0.717) is 5.41 Å². The molecule has 0 aliphatic carbocycles. The van der Waals surface area contributed by atoms with Gasteiger partial charge in [0.05, 0.1) is 3.79 Å². The Morgan fingerprint density at radius 3 is 2.53 bits per heavy atom. The van der Waals surface area contributed by atoms with Crippen LogP contribution in [-0.4, -0.2) is 25.3 Å². The van der Waals surface area contributed by atoms with Crippen molar-refractivity contribution in [3.8, 4) is 0 Å². The van der Waals surface area contributed by atoms with Gasteiger partial charge in [0, 0.05) is 30.2 Å². The lowest BCUT2D eigenvalue weighted by Crippen LogP contribution is -2.47. The Balaban J connectivity index is 2.05. The second-order valence-electron chi connectivity index (χ2n) is 6.60. The molecule has 4 heteroatoms. The molecule has 0 unspecified atom stereocenters.